The van der Waals surface area contributed by atoms with E-state index in [9.17, 15) is 4.79 Å². The molecule has 1 amide bonds. The Morgan fingerprint density at radius 3 is 2.88 bits per heavy atom. The maximum absolute atomic E-state index is 13.2. The number of H-pyrrole nitrogens is 1. The minimum atomic E-state index is -0.0560. The van der Waals surface area contributed by atoms with Crippen molar-refractivity contribution in [1.29, 1.82) is 0 Å². The zero-order valence-electron chi connectivity index (χ0n) is 18.3. The molecule has 168 valence electrons. The summed E-state index contributed by atoms with van der Waals surface area (Å²) in [5, 5.41) is 11.4. The molecule has 1 saturated carbocycles. The standard InChI is InChI=1S/C23H27N5O4/c1-30-16-7-8-20(31-2)17(11-16)18-12-19(26-25-18)23(29)28-9-3-4-14(13-28)10-21-24-22(27-32-21)15-5-6-15/h7-8,11-12,14-15H,3-6,9-10,13H2,1-2H3,(H,25,26)/t14-/m0/s1. The van der Waals surface area contributed by atoms with E-state index in [1.54, 1.807) is 20.3 Å². The Morgan fingerprint density at radius 2 is 2.09 bits per heavy atom. The normalized spacial score (nSPS) is 18.6. The number of piperidine rings is 1. The number of hydrogen-bond acceptors (Lipinski definition) is 7. The molecule has 9 nitrogen and oxygen atoms in total. The SMILES string of the molecule is COc1ccc(OC)c(-c2cc(C(=O)N3CCC[C@@H](Cc4nc(C5CC5)no4)C3)[nH]n2)c1. The van der Waals surface area contributed by atoms with Gasteiger partial charge in [0.15, 0.2) is 5.82 Å². The van der Waals surface area contributed by atoms with Gasteiger partial charge in [0, 0.05) is 31.0 Å². The van der Waals surface area contributed by atoms with Crippen molar-refractivity contribution in [3.8, 4) is 22.8 Å². The Bertz CT molecular complexity index is 1100. The number of carbonyl (C=O) groups excluding carboxylic acids is 1. The highest BCUT2D eigenvalue weighted by molar-refractivity contribution is 5.93. The molecular weight excluding hydrogens is 410 g/mol. The van der Waals surface area contributed by atoms with Crippen LogP contribution in [0.4, 0.5) is 0 Å². The van der Waals surface area contributed by atoms with Crippen molar-refractivity contribution in [3.63, 3.8) is 0 Å². The van der Waals surface area contributed by atoms with Crippen molar-refractivity contribution in [3.05, 3.63) is 41.7 Å². The summed E-state index contributed by atoms with van der Waals surface area (Å²) in [4.78, 5) is 19.6. The number of ether oxygens (including phenoxy) is 2. The fourth-order valence-corrected chi connectivity index (χ4v) is 4.28. The Balaban J connectivity index is 1.27. The molecule has 0 spiro atoms. The zero-order chi connectivity index (χ0) is 22.1. The third-order valence-electron chi connectivity index (χ3n) is 6.19. The molecule has 1 aliphatic carbocycles. The molecule has 1 aliphatic heterocycles. The van der Waals surface area contributed by atoms with E-state index in [4.69, 9.17) is 14.0 Å². The van der Waals surface area contributed by atoms with Gasteiger partial charge in [0.25, 0.3) is 5.91 Å². The van der Waals surface area contributed by atoms with Gasteiger partial charge >= 0.3 is 0 Å². The van der Waals surface area contributed by atoms with Gasteiger partial charge in [-0.05, 0) is 55.9 Å². The molecular formula is C23H27N5O4. The summed E-state index contributed by atoms with van der Waals surface area (Å²) >= 11 is 0. The number of carbonyl (C=O) groups is 1. The summed E-state index contributed by atoms with van der Waals surface area (Å²) in [5.41, 5.74) is 1.86. The molecule has 32 heavy (non-hydrogen) atoms. The number of nitrogens with zero attached hydrogens (tertiary/aromatic N) is 4. The van der Waals surface area contributed by atoms with Crippen LogP contribution in [-0.4, -0.2) is 58.5 Å². The fraction of sp³-hybridized carbons (Fsp3) is 0.478. The molecule has 0 unspecified atom stereocenters. The van der Waals surface area contributed by atoms with Gasteiger partial charge in [-0.25, -0.2) is 0 Å². The first kappa shape index (κ1) is 20.5. The van der Waals surface area contributed by atoms with Crippen molar-refractivity contribution < 1.29 is 18.8 Å². The lowest BCUT2D eigenvalue weighted by atomic mass is 9.94. The van der Waals surface area contributed by atoms with E-state index in [2.05, 4.69) is 20.3 Å². The zero-order valence-corrected chi connectivity index (χ0v) is 18.3. The number of nitrogens with one attached hydrogen (secondary N) is 1. The molecule has 3 aromatic rings. The number of rotatable bonds is 7. The van der Waals surface area contributed by atoms with Gasteiger partial charge in [0.1, 0.15) is 17.2 Å². The molecule has 3 heterocycles. The number of amides is 1. The maximum atomic E-state index is 13.2. The van der Waals surface area contributed by atoms with Crippen LogP contribution >= 0.6 is 0 Å². The second kappa shape index (κ2) is 8.64. The molecule has 2 aliphatic rings. The van der Waals surface area contributed by atoms with Gasteiger partial charge in [0.05, 0.1) is 19.9 Å². The Hall–Kier alpha value is -3.36. The van der Waals surface area contributed by atoms with E-state index in [0.717, 1.165) is 43.6 Å². The molecule has 1 saturated heterocycles. The highest BCUT2D eigenvalue weighted by Gasteiger charge is 2.31. The van der Waals surface area contributed by atoms with E-state index < -0.39 is 0 Å². The van der Waals surface area contributed by atoms with E-state index >= 15 is 0 Å². The van der Waals surface area contributed by atoms with E-state index in [1.807, 2.05) is 23.1 Å². The second-order valence-electron chi connectivity index (χ2n) is 8.52. The number of benzene rings is 1. The lowest BCUT2D eigenvalue weighted by molar-refractivity contribution is 0.0662. The average molecular weight is 438 g/mol. The number of aromatic nitrogens is 4. The summed E-state index contributed by atoms with van der Waals surface area (Å²) in [5.74, 6) is 3.61. The van der Waals surface area contributed by atoms with Crippen LogP contribution in [0.5, 0.6) is 11.5 Å². The summed E-state index contributed by atoms with van der Waals surface area (Å²) in [7, 11) is 3.22. The Labute approximate surface area is 186 Å². The lowest BCUT2D eigenvalue weighted by Crippen LogP contribution is -2.40. The minimum absolute atomic E-state index is 0.0560. The topological polar surface area (TPSA) is 106 Å². The van der Waals surface area contributed by atoms with Gasteiger partial charge in [-0.2, -0.15) is 10.1 Å². The third kappa shape index (κ3) is 4.19. The Morgan fingerprint density at radius 1 is 1.22 bits per heavy atom. The molecule has 0 bridgehead atoms. The molecule has 2 fully saturated rings. The van der Waals surface area contributed by atoms with Crippen molar-refractivity contribution in [2.75, 3.05) is 27.3 Å². The summed E-state index contributed by atoms with van der Waals surface area (Å²) in [6, 6.07) is 7.27. The number of methoxy groups -OCH3 is 2. The van der Waals surface area contributed by atoms with Crippen LogP contribution in [0.1, 0.15) is 53.8 Å². The van der Waals surface area contributed by atoms with E-state index in [1.165, 1.54) is 0 Å². The smallest absolute Gasteiger partial charge is 0.271 e. The molecule has 1 aromatic carbocycles. The van der Waals surface area contributed by atoms with Crippen LogP contribution in [0.2, 0.25) is 0 Å². The quantitative estimate of drug-likeness (QED) is 0.603. The van der Waals surface area contributed by atoms with Gasteiger partial charge in [-0.15, -0.1) is 0 Å². The number of aromatic amines is 1. The van der Waals surface area contributed by atoms with E-state index in [0.29, 0.717) is 53.6 Å². The highest BCUT2D eigenvalue weighted by Crippen LogP contribution is 2.38. The first-order valence-electron chi connectivity index (χ1n) is 11.0. The van der Waals surface area contributed by atoms with Gasteiger partial charge in [-0.3, -0.25) is 9.89 Å². The maximum Gasteiger partial charge on any atom is 0.271 e. The first-order chi connectivity index (χ1) is 15.6. The monoisotopic (exact) mass is 437 g/mol. The summed E-state index contributed by atoms with van der Waals surface area (Å²) in [6.45, 7) is 1.39. The largest absolute Gasteiger partial charge is 0.497 e. The van der Waals surface area contributed by atoms with Crippen molar-refractivity contribution >= 4 is 5.91 Å². The highest BCUT2D eigenvalue weighted by atomic mass is 16.5. The van der Waals surface area contributed by atoms with Crippen molar-refractivity contribution in [2.24, 2.45) is 5.92 Å². The molecule has 1 atom stereocenters. The third-order valence-corrected chi connectivity index (χ3v) is 6.19. The predicted molar refractivity (Wildman–Crippen MR) is 116 cm³/mol. The summed E-state index contributed by atoms with van der Waals surface area (Å²) in [6.07, 6.45) is 5.00. The number of hydrogen-bond donors (Lipinski definition) is 1. The second-order valence-corrected chi connectivity index (χ2v) is 8.52. The van der Waals surface area contributed by atoms with Crippen LogP contribution in [-0.2, 0) is 6.42 Å². The van der Waals surface area contributed by atoms with Gasteiger partial charge in [-0.1, -0.05) is 5.16 Å². The first-order valence-corrected chi connectivity index (χ1v) is 11.0. The van der Waals surface area contributed by atoms with Gasteiger partial charge < -0.3 is 18.9 Å². The minimum Gasteiger partial charge on any atom is -0.497 e. The van der Waals surface area contributed by atoms with Crippen molar-refractivity contribution in [2.45, 2.75) is 38.0 Å². The van der Waals surface area contributed by atoms with Crippen LogP contribution in [0.15, 0.2) is 28.8 Å². The average Bonchev–Trinajstić information content (AvgIpc) is 3.37. The van der Waals surface area contributed by atoms with Crippen LogP contribution in [0, 0.1) is 5.92 Å². The Kier molecular flexibility index (Phi) is 5.55. The van der Waals surface area contributed by atoms with Crippen LogP contribution < -0.4 is 9.47 Å². The molecule has 0 radical (unpaired) electrons. The molecule has 1 N–H and O–H groups in total. The molecule has 9 heteroatoms. The van der Waals surface area contributed by atoms with Crippen LogP contribution in [0.25, 0.3) is 11.3 Å². The lowest BCUT2D eigenvalue weighted by Gasteiger charge is -2.31. The number of likely N-dealkylation sites (tertiary alicyclic amines) is 1. The summed E-state index contributed by atoms with van der Waals surface area (Å²) < 4.78 is 16.2. The predicted octanol–water partition coefficient (Wildman–Crippen LogP) is 3.45. The van der Waals surface area contributed by atoms with Gasteiger partial charge in [0.2, 0.25) is 5.89 Å². The van der Waals surface area contributed by atoms with E-state index in [-0.39, 0.29) is 5.91 Å². The van der Waals surface area contributed by atoms with Crippen molar-refractivity contribution in [1.82, 2.24) is 25.2 Å². The molecule has 2 aromatic heterocycles. The molecule has 5 rings (SSSR count). The van der Waals surface area contributed by atoms with Crippen LogP contribution in [0.3, 0.4) is 0 Å². The fourth-order valence-electron chi connectivity index (χ4n) is 4.28.